The van der Waals surface area contributed by atoms with Gasteiger partial charge in [-0.15, -0.1) is 0 Å². The molecule has 6 heteroatoms. The van der Waals surface area contributed by atoms with Gasteiger partial charge in [0.05, 0.1) is 21.6 Å². The van der Waals surface area contributed by atoms with Crippen molar-refractivity contribution in [2.24, 2.45) is 0 Å². The van der Waals surface area contributed by atoms with Gasteiger partial charge >= 0.3 is 0 Å². The van der Waals surface area contributed by atoms with Crippen molar-refractivity contribution in [2.75, 3.05) is 6.61 Å². The molecule has 0 radical (unpaired) electrons. The number of hydrogen-bond acceptors (Lipinski definition) is 4. The van der Waals surface area contributed by atoms with Gasteiger partial charge in [0.25, 0.3) is 5.69 Å². The Kier molecular flexibility index (Phi) is 4.05. The second kappa shape index (κ2) is 5.09. The zero-order chi connectivity index (χ0) is 11.4. The lowest BCUT2D eigenvalue weighted by Gasteiger charge is -2.09. The fourth-order valence-corrected chi connectivity index (χ4v) is 1.29. The van der Waals surface area contributed by atoms with Crippen LogP contribution in [-0.4, -0.2) is 22.7 Å². The van der Waals surface area contributed by atoms with Gasteiger partial charge in [-0.2, -0.15) is 0 Å². The molecule has 1 atom stereocenters. The summed E-state index contributed by atoms with van der Waals surface area (Å²) >= 11 is 3.20. The number of nitro groups is 1. The predicted molar refractivity (Wildman–Crippen MR) is 58.0 cm³/mol. The Morgan fingerprint density at radius 3 is 2.87 bits per heavy atom. The van der Waals surface area contributed by atoms with E-state index in [1.165, 1.54) is 18.2 Å². The molecule has 1 aromatic rings. The molecule has 0 saturated heterocycles. The maximum atomic E-state index is 10.5. The van der Waals surface area contributed by atoms with Crippen LogP contribution < -0.4 is 4.74 Å². The highest BCUT2D eigenvalue weighted by Gasteiger charge is 2.10. The summed E-state index contributed by atoms with van der Waals surface area (Å²) in [7, 11) is 0. The van der Waals surface area contributed by atoms with E-state index in [9.17, 15) is 10.1 Å². The van der Waals surface area contributed by atoms with Crippen molar-refractivity contribution in [3.63, 3.8) is 0 Å². The maximum absolute atomic E-state index is 10.5. The largest absolute Gasteiger partial charge is 0.489 e. The zero-order valence-corrected chi connectivity index (χ0v) is 9.60. The van der Waals surface area contributed by atoms with Crippen LogP contribution in [-0.2, 0) is 0 Å². The van der Waals surface area contributed by atoms with Crippen molar-refractivity contribution >= 4 is 21.6 Å². The molecule has 0 amide bonds. The lowest BCUT2D eigenvalue weighted by atomic mass is 10.3. The standard InChI is InChI=1S/C9H10BrNO4/c1-6(12)5-15-9-4-7(11(13)14)2-3-8(9)10/h2-4,6,12H,5H2,1H3/t6-/m1/s1. The molecule has 5 nitrogen and oxygen atoms in total. The quantitative estimate of drug-likeness (QED) is 0.675. The SMILES string of the molecule is C[C@@H](O)COc1cc([N+](=O)[O-])ccc1Br. The maximum Gasteiger partial charge on any atom is 0.273 e. The fourth-order valence-electron chi connectivity index (χ4n) is 0.927. The Bertz CT molecular complexity index is 367. The molecule has 0 aromatic heterocycles. The van der Waals surface area contributed by atoms with Crippen LogP contribution in [0.3, 0.4) is 0 Å². The molecule has 1 N–H and O–H groups in total. The Labute approximate surface area is 95.0 Å². The van der Waals surface area contributed by atoms with Gasteiger partial charge in [-0.1, -0.05) is 0 Å². The van der Waals surface area contributed by atoms with E-state index in [0.29, 0.717) is 10.2 Å². The second-order valence-electron chi connectivity index (χ2n) is 3.03. The number of nitrogens with zero attached hydrogens (tertiary/aromatic N) is 1. The third kappa shape index (κ3) is 3.49. The summed E-state index contributed by atoms with van der Waals surface area (Å²) in [6.07, 6.45) is -0.615. The van der Waals surface area contributed by atoms with Gasteiger partial charge in [-0.25, -0.2) is 0 Å². The van der Waals surface area contributed by atoms with E-state index >= 15 is 0 Å². The van der Waals surface area contributed by atoms with Gasteiger partial charge in [0.2, 0.25) is 0 Å². The van der Waals surface area contributed by atoms with Crippen molar-refractivity contribution in [1.29, 1.82) is 0 Å². The van der Waals surface area contributed by atoms with E-state index in [-0.39, 0.29) is 12.3 Å². The number of aliphatic hydroxyl groups excluding tert-OH is 1. The Hall–Kier alpha value is -1.14. The Balaban J connectivity index is 2.85. The predicted octanol–water partition coefficient (Wildman–Crippen LogP) is 2.12. The number of non-ortho nitro benzene ring substituents is 1. The van der Waals surface area contributed by atoms with Crippen LogP contribution in [0.2, 0.25) is 0 Å². The molecule has 0 saturated carbocycles. The highest BCUT2D eigenvalue weighted by Crippen LogP contribution is 2.29. The minimum absolute atomic E-state index is 0.0428. The number of benzene rings is 1. The first kappa shape index (κ1) is 11.9. The van der Waals surface area contributed by atoms with Gasteiger partial charge < -0.3 is 9.84 Å². The molecule has 0 aliphatic carbocycles. The smallest absolute Gasteiger partial charge is 0.273 e. The first-order valence-corrected chi connectivity index (χ1v) is 5.05. The van der Waals surface area contributed by atoms with Gasteiger partial charge in [-0.3, -0.25) is 10.1 Å². The fraction of sp³-hybridized carbons (Fsp3) is 0.333. The summed E-state index contributed by atoms with van der Waals surface area (Å²) in [4.78, 5) is 9.99. The molecular weight excluding hydrogens is 266 g/mol. The summed E-state index contributed by atoms with van der Waals surface area (Å²) in [5.41, 5.74) is -0.0428. The molecule has 1 rings (SSSR count). The lowest BCUT2D eigenvalue weighted by Crippen LogP contribution is -2.13. The van der Waals surface area contributed by atoms with Crippen LogP contribution in [0.25, 0.3) is 0 Å². The van der Waals surface area contributed by atoms with Crippen LogP contribution in [0.15, 0.2) is 22.7 Å². The topological polar surface area (TPSA) is 72.6 Å². The number of nitro benzene ring substituents is 1. The van der Waals surface area contributed by atoms with Crippen molar-refractivity contribution in [1.82, 2.24) is 0 Å². The molecular formula is C9H10BrNO4. The van der Waals surface area contributed by atoms with Crippen molar-refractivity contribution in [3.8, 4) is 5.75 Å². The highest BCUT2D eigenvalue weighted by molar-refractivity contribution is 9.10. The van der Waals surface area contributed by atoms with Crippen LogP contribution >= 0.6 is 15.9 Å². The second-order valence-corrected chi connectivity index (χ2v) is 3.89. The molecule has 0 heterocycles. The monoisotopic (exact) mass is 275 g/mol. The van der Waals surface area contributed by atoms with Crippen molar-refractivity contribution in [3.05, 3.63) is 32.8 Å². The number of ether oxygens (including phenoxy) is 1. The van der Waals surface area contributed by atoms with E-state index < -0.39 is 11.0 Å². The third-order valence-corrected chi connectivity index (χ3v) is 2.26. The van der Waals surface area contributed by atoms with E-state index in [1.807, 2.05) is 0 Å². The lowest BCUT2D eigenvalue weighted by molar-refractivity contribution is -0.385. The molecule has 0 fully saturated rings. The van der Waals surface area contributed by atoms with Gasteiger partial charge in [0.1, 0.15) is 12.4 Å². The third-order valence-electron chi connectivity index (χ3n) is 1.61. The highest BCUT2D eigenvalue weighted by atomic mass is 79.9. The Morgan fingerprint density at radius 2 is 2.33 bits per heavy atom. The summed E-state index contributed by atoms with van der Waals surface area (Å²) in [6.45, 7) is 1.67. The minimum atomic E-state index is -0.615. The summed E-state index contributed by atoms with van der Waals surface area (Å²) in [5, 5.41) is 19.5. The molecule has 0 aliphatic heterocycles. The van der Waals surface area contributed by atoms with E-state index in [0.717, 1.165) is 0 Å². The average Bonchev–Trinajstić information content (AvgIpc) is 2.16. The van der Waals surface area contributed by atoms with Crippen LogP contribution in [0.5, 0.6) is 5.75 Å². The van der Waals surface area contributed by atoms with Gasteiger partial charge in [-0.05, 0) is 28.9 Å². The first-order valence-electron chi connectivity index (χ1n) is 4.25. The van der Waals surface area contributed by atoms with Gasteiger partial charge in [0.15, 0.2) is 0 Å². The first-order chi connectivity index (χ1) is 7.00. The number of halogens is 1. The molecule has 0 unspecified atom stereocenters. The van der Waals surface area contributed by atoms with Gasteiger partial charge in [0, 0.05) is 6.07 Å². The summed E-state index contributed by atoms with van der Waals surface area (Å²) in [5.74, 6) is 0.352. The molecule has 0 spiro atoms. The van der Waals surface area contributed by atoms with Crippen molar-refractivity contribution in [2.45, 2.75) is 13.0 Å². The van der Waals surface area contributed by atoms with Crippen LogP contribution in [0, 0.1) is 10.1 Å². The Morgan fingerprint density at radius 1 is 1.67 bits per heavy atom. The number of rotatable bonds is 4. The van der Waals surface area contributed by atoms with E-state index in [2.05, 4.69) is 15.9 Å². The summed E-state index contributed by atoms with van der Waals surface area (Å²) in [6, 6.07) is 4.22. The number of hydrogen-bond donors (Lipinski definition) is 1. The van der Waals surface area contributed by atoms with E-state index in [1.54, 1.807) is 6.92 Å². The molecule has 15 heavy (non-hydrogen) atoms. The van der Waals surface area contributed by atoms with E-state index in [4.69, 9.17) is 9.84 Å². The number of aliphatic hydroxyl groups is 1. The molecule has 1 aromatic carbocycles. The zero-order valence-electron chi connectivity index (χ0n) is 8.01. The molecule has 82 valence electrons. The average molecular weight is 276 g/mol. The normalized spacial score (nSPS) is 12.2. The summed E-state index contributed by atoms with van der Waals surface area (Å²) < 4.78 is 5.81. The van der Waals surface area contributed by atoms with Crippen LogP contribution in [0.4, 0.5) is 5.69 Å². The van der Waals surface area contributed by atoms with Crippen molar-refractivity contribution < 1.29 is 14.8 Å². The molecule has 0 bridgehead atoms. The van der Waals surface area contributed by atoms with Crippen LogP contribution in [0.1, 0.15) is 6.92 Å². The minimum Gasteiger partial charge on any atom is -0.489 e. The molecule has 0 aliphatic rings.